The lowest BCUT2D eigenvalue weighted by molar-refractivity contribution is -0.149. The topological polar surface area (TPSA) is 35.5 Å². The summed E-state index contributed by atoms with van der Waals surface area (Å²) in [5.41, 5.74) is 0. The maximum atomic E-state index is 13.3. The van der Waals surface area contributed by atoms with E-state index in [4.69, 9.17) is 9.47 Å². The molecule has 0 bridgehead atoms. The maximum absolute atomic E-state index is 13.3. The Bertz CT molecular complexity index is 450. The lowest BCUT2D eigenvalue weighted by Crippen LogP contribution is -2.30. The number of halogens is 2. The number of esters is 1. The zero-order valence-electron chi connectivity index (χ0n) is 9.99. The van der Waals surface area contributed by atoms with Crippen LogP contribution < -0.4 is 4.74 Å². The van der Waals surface area contributed by atoms with Crippen molar-refractivity contribution >= 4 is 21.9 Å². The van der Waals surface area contributed by atoms with Gasteiger partial charge in [-0.05, 0) is 47.3 Å². The van der Waals surface area contributed by atoms with E-state index in [0.29, 0.717) is 10.2 Å². The quantitative estimate of drug-likeness (QED) is 0.801. The summed E-state index contributed by atoms with van der Waals surface area (Å²) in [7, 11) is 0. The van der Waals surface area contributed by atoms with E-state index in [9.17, 15) is 9.18 Å². The van der Waals surface area contributed by atoms with Crippen molar-refractivity contribution in [3.05, 3.63) is 28.5 Å². The lowest BCUT2D eigenvalue weighted by Gasteiger charge is -2.21. The second-order valence-electron chi connectivity index (χ2n) is 4.31. The zero-order chi connectivity index (χ0) is 13.1. The van der Waals surface area contributed by atoms with Gasteiger partial charge in [0.25, 0.3) is 0 Å². The van der Waals surface area contributed by atoms with Crippen LogP contribution in [0.15, 0.2) is 22.7 Å². The average Bonchev–Trinajstić information content (AvgIpc) is 2.70. The van der Waals surface area contributed by atoms with Crippen LogP contribution in [0, 0.1) is 5.82 Å². The third-order valence-corrected chi connectivity index (χ3v) is 3.53. The van der Waals surface area contributed by atoms with Crippen LogP contribution in [0.3, 0.4) is 0 Å². The summed E-state index contributed by atoms with van der Waals surface area (Å²) >= 11 is 3.09. The summed E-state index contributed by atoms with van der Waals surface area (Å²) in [5, 5.41) is 0. The van der Waals surface area contributed by atoms with E-state index in [1.165, 1.54) is 13.0 Å². The normalized spacial score (nSPS) is 22.8. The molecular formula is C13H14BrFO3. The standard InChI is InChI=1S/C13H14BrFO3/c1-8(16)17-12-3-2-4-13(12)18-9-5-6-10(14)11(15)7-9/h5-7,12-13H,2-4H2,1H3/t12-,13-/m1/s1. The fourth-order valence-electron chi connectivity index (χ4n) is 2.10. The first kappa shape index (κ1) is 13.3. The van der Waals surface area contributed by atoms with Crippen molar-refractivity contribution in [1.29, 1.82) is 0 Å². The molecule has 2 rings (SSSR count). The molecule has 0 aromatic heterocycles. The molecule has 5 heteroatoms. The summed E-state index contributed by atoms with van der Waals surface area (Å²) in [5.74, 6) is -0.216. The third kappa shape index (κ3) is 3.22. The lowest BCUT2D eigenvalue weighted by atomic mass is 10.2. The zero-order valence-corrected chi connectivity index (χ0v) is 11.6. The van der Waals surface area contributed by atoms with Crippen LogP contribution in [0.5, 0.6) is 5.75 Å². The molecule has 0 amide bonds. The van der Waals surface area contributed by atoms with E-state index in [1.807, 2.05) is 0 Å². The molecule has 1 saturated carbocycles. The summed E-state index contributed by atoms with van der Waals surface area (Å²) in [6, 6.07) is 4.62. The average molecular weight is 317 g/mol. The van der Waals surface area contributed by atoms with Crippen LogP contribution in [0.1, 0.15) is 26.2 Å². The smallest absolute Gasteiger partial charge is 0.303 e. The molecule has 0 heterocycles. The second kappa shape index (κ2) is 5.69. The Balaban J connectivity index is 2.03. The highest BCUT2D eigenvalue weighted by atomic mass is 79.9. The van der Waals surface area contributed by atoms with Gasteiger partial charge in [-0.25, -0.2) is 4.39 Å². The fourth-order valence-corrected chi connectivity index (χ4v) is 2.35. The van der Waals surface area contributed by atoms with Gasteiger partial charge >= 0.3 is 5.97 Å². The molecule has 1 fully saturated rings. The predicted octanol–water partition coefficient (Wildman–Crippen LogP) is 3.45. The highest BCUT2D eigenvalue weighted by Gasteiger charge is 2.31. The van der Waals surface area contributed by atoms with E-state index in [-0.39, 0.29) is 24.0 Å². The molecule has 0 N–H and O–H groups in total. The van der Waals surface area contributed by atoms with Gasteiger partial charge < -0.3 is 9.47 Å². The molecule has 18 heavy (non-hydrogen) atoms. The Morgan fingerprint density at radius 2 is 2.11 bits per heavy atom. The Hall–Kier alpha value is -1.10. The molecule has 1 aliphatic carbocycles. The van der Waals surface area contributed by atoms with Crippen molar-refractivity contribution in [3.63, 3.8) is 0 Å². The number of hydrogen-bond acceptors (Lipinski definition) is 3. The minimum Gasteiger partial charge on any atom is -0.486 e. The maximum Gasteiger partial charge on any atom is 0.303 e. The first-order valence-electron chi connectivity index (χ1n) is 5.85. The van der Waals surface area contributed by atoms with Gasteiger partial charge in [-0.1, -0.05) is 0 Å². The number of benzene rings is 1. The molecule has 2 atom stereocenters. The number of carbonyl (C=O) groups is 1. The first-order valence-corrected chi connectivity index (χ1v) is 6.64. The minimum atomic E-state index is -0.366. The molecule has 0 unspecified atom stereocenters. The summed E-state index contributed by atoms with van der Waals surface area (Å²) in [6.07, 6.45) is 2.14. The number of hydrogen-bond donors (Lipinski definition) is 0. The van der Waals surface area contributed by atoms with Crippen LogP contribution in [-0.2, 0) is 9.53 Å². The van der Waals surface area contributed by atoms with Gasteiger partial charge in [-0.2, -0.15) is 0 Å². The van der Waals surface area contributed by atoms with Crippen LogP contribution in [-0.4, -0.2) is 18.2 Å². The SMILES string of the molecule is CC(=O)O[C@@H]1CCC[C@H]1Oc1ccc(Br)c(F)c1. The van der Waals surface area contributed by atoms with E-state index in [2.05, 4.69) is 15.9 Å². The van der Waals surface area contributed by atoms with Crippen LogP contribution in [0.25, 0.3) is 0 Å². The van der Waals surface area contributed by atoms with Crippen molar-refractivity contribution in [1.82, 2.24) is 0 Å². The second-order valence-corrected chi connectivity index (χ2v) is 5.17. The van der Waals surface area contributed by atoms with Crippen molar-refractivity contribution in [2.75, 3.05) is 0 Å². The van der Waals surface area contributed by atoms with Gasteiger partial charge in [0.15, 0.2) is 0 Å². The number of carbonyl (C=O) groups excluding carboxylic acids is 1. The molecule has 1 aromatic rings. The summed E-state index contributed by atoms with van der Waals surface area (Å²) < 4.78 is 24.6. The fraction of sp³-hybridized carbons (Fsp3) is 0.462. The van der Waals surface area contributed by atoms with Crippen molar-refractivity contribution < 1.29 is 18.7 Å². The molecule has 0 spiro atoms. The molecule has 3 nitrogen and oxygen atoms in total. The van der Waals surface area contributed by atoms with E-state index in [1.54, 1.807) is 12.1 Å². The van der Waals surface area contributed by atoms with Gasteiger partial charge in [0.05, 0.1) is 4.47 Å². The molecule has 0 saturated heterocycles. The molecule has 1 aliphatic rings. The van der Waals surface area contributed by atoms with E-state index < -0.39 is 0 Å². The van der Waals surface area contributed by atoms with Crippen molar-refractivity contribution in [2.45, 2.75) is 38.4 Å². The largest absolute Gasteiger partial charge is 0.486 e. The van der Waals surface area contributed by atoms with Crippen LogP contribution in [0.2, 0.25) is 0 Å². The highest BCUT2D eigenvalue weighted by molar-refractivity contribution is 9.10. The van der Waals surface area contributed by atoms with Gasteiger partial charge in [0.1, 0.15) is 23.8 Å². The summed E-state index contributed by atoms with van der Waals surface area (Å²) in [4.78, 5) is 11.0. The van der Waals surface area contributed by atoms with Gasteiger partial charge in [0.2, 0.25) is 0 Å². The Labute approximate surface area is 113 Å². The van der Waals surface area contributed by atoms with Gasteiger partial charge in [-0.3, -0.25) is 4.79 Å². The van der Waals surface area contributed by atoms with Crippen molar-refractivity contribution in [3.8, 4) is 5.75 Å². The highest BCUT2D eigenvalue weighted by Crippen LogP contribution is 2.28. The molecule has 0 aliphatic heterocycles. The van der Waals surface area contributed by atoms with E-state index in [0.717, 1.165) is 19.3 Å². The molecule has 1 aromatic carbocycles. The number of ether oxygens (including phenoxy) is 2. The number of rotatable bonds is 3. The van der Waals surface area contributed by atoms with Gasteiger partial charge in [0, 0.05) is 13.0 Å². The van der Waals surface area contributed by atoms with Crippen LogP contribution in [0.4, 0.5) is 4.39 Å². The summed E-state index contributed by atoms with van der Waals surface area (Å²) in [6.45, 7) is 1.38. The molecular weight excluding hydrogens is 303 g/mol. The molecule has 0 radical (unpaired) electrons. The van der Waals surface area contributed by atoms with Gasteiger partial charge in [-0.15, -0.1) is 0 Å². The first-order chi connectivity index (χ1) is 8.56. The minimum absolute atomic E-state index is 0.186. The Morgan fingerprint density at radius 1 is 1.39 bits per heavy atom. The molecule has 98 valence electrons. The van der Waals surface area contributed by atoms with E-state index >= 15 is 0 Å². The third-order valence-electron chi connectivity index (χ3n) is 2.89. The monoisotopic (exact) mass is 316 g/mol. The van der Waals surface area contributed by atoms with Crippen molar-refractivity contribution in [2.24, 2.45) is 0 Å². The Morgan fingerprint density at radius 3 is 2.78 bits per heavy atom. The predicted molar refractivity (Wildman–Crippen MR) is 67.9 cm³/mol. The van der Waals surface area contributed by atoms with Crippen LogP contribution >= 0.6 is 15.9 Å². The Kier molecular flexibility index (Phi) is 4.22.